The molecular weight excluding hydrogens is 234 g/mol. The van der Waals surface area contributed by atoms with Gasteiger partial charge in [-0.05, 0) is 7.05 Å². The van der Waals surface area contributed by atoms with Crippen LogP contribution in [0.5, 0.6) is 0 Å². The van der Waals surface area contributed by atoms with E-state index in [0.717, 1.165) is 12.2 Å². The number of amides is 1. The van der Waals surface area contributed by atoms with Crippen molar-refractivity contribution in [1.29, 1.82) is 0 Å². The van der Waals surface area contributed by atoms with Crippen LogP contribution in [0.2, 0.25) is 0 Å². The van der Waals surface area contributed by atoms with Crippen molar-refractivity contribution in [1.82, 2.24) is 15.6 Å². The number of aromatic nitrogens is 1. The molecule has 1 saturated heterocycles. The highest BCUT2D eigenvalue weighted by atomic mass is 16.5. The van der Waals surface area contributed by atoms with Crippen LogP contribution in [0.15, 0.2) is 10.6 Å². The molecule has 0 spiro atoms. The fourth-order valence-electron chi connectivity index (χ4n) is 1.98. The van der Waals surface area contributed by atoms with Crippen molar-refractivity contribution in [3.63, 3.8) is 0 Å². The van der Waals surface area contributed by atoms with Gasteiger partial charge in [0.15, 0.2) is 0 Å². The molecule has 1 aliphatic rings. The first-order chi connectivity index (χ1) is 8.74. The van der Waals surface area contributed by atoms with Crippen LogP contribution >= 0.6 is 0 Å². The maximum Gasteiger partial charge on any atom is 0.227 e. The van der Waals surface area contributed by atoms with Gasteiger partial charge in [0.05, 0.1) is 31.9 Å². The number of ether oxygens (including phenoxy) is 1. The molecule has 0 saturated carbocycles. The van der Waals surface area contributed by atoms with E-state index < -0.39 is 0 Å². The summed E-state index contributed by atoms with van der Waals surface area (Å²) < 4.78 is 10.7. The third-order valence-electron chi connectivity index (χ3n) is 3.15. The van der Waals surface area contributed by atoms with E-state index in [0.29, 0.717) is 25.6 Å². The molecular formula is C12H19N3O3. The van der Waals surface area contributed by atoms with E-state index in [1.807, 2.05) is 14.0 Å². The van der Waals surface area contributed by atoms with Gasteiger partial charge in [-0.25, -0.2) is 4.98 Å². The highest BCUT2D eigenvalue weighted by Gasteiger charge is 2.32. The van der Waals surface area contributed by atoms with E-state index in [-0.39, 0.29) is 17.9 Å². The maximum atomic E-state index is 12.0. The molecule has 2 rings (SSSR count). The van der Waals surface area contributed by atoms with Gasteiger partial charge in [0.1, 0.15) is 5.76 Å². The number of aryl methyl sites for hydroxylation is 1. The molecule has 6 nitrogen and oxygen atoms in total. The summed E-state index contributed by atoms with van der Waals surface area (Å²) in [5.41, 5.74) is 0. The maximum absolute atomic E-state index is 12.0. The zero-order valence-electron chi connectivity index (χ0n) is 10.7. The average molecular weight is 253 g/mol. The lowest BCUT2D eigenvalue weighted by atomic mass is 10.0. The standard InChI is InChI=1S/C12H19N3O3/c1-3-8-4-14-11(18-8)5-15-12(16)9-6-17-7-10(9)13-2/h4,9-10,13H,3,5-7H2,1-2H3,(H,15,16). The normalized spacial score (nSPS) is 23.2. The average Bonchev–Trinajstić information content (AvgIpc) is 3.04. The van der Waals surface area contributed by atoms with Crippen LogP contribution in [-0.2, 0) is 22.5 Å². The van der Waals surface area contributed by atoms with Gasteiger partial charge >= 0.3 is 0 Å². The summed E-state index contributed by atoms with van der Waals surface area (Å²) in [6.07, 6.45) is 2.50. The summed E-state index contributed by atoms with van der Waals surface area (Å²) in [5, 5.41) is 5.91. The lowest BCUT2D eigenvalue weighted by molar-refractivity contribution is -0.125. The molecule has 1 aromatic rings. The summed E-state index contributed by atoms with van der Waals surface area (Å²) in [5.74, 6) is 1.20. The Balaban J connectivity index is 1.84. The quantitative estimate of drug-likeness (QED) is 0.777. The molecule has 1 aromatic heterocycles. The molecule has 0 bridgehead atoms. The predicted octanol–water partition coefficient (Wildman–Crippen LogP) is 0.0876. The third kappa shape index (κ3) is 2.88. The second-order valence-electron chi connectivity index (χ2n) is 4.33. The van der Waals surface area contributed by atoms with E-state index >= 15 is 0 Å². The molecule has 0 aliphatic carbocycles. The summed E-state index contributed by atoms with van der Waals surface area (Å²) in [7, 11) is 1.83. The number of likely N-dealkylation sites (N-methyl/N-ethyl adjacent to an activating group) is 1. The predicted molar refractivity (Wildman–Crippen MR) is 64.9 cm³/mol. The lowest BCUT2D eigenvalue weighted by Crippen LogP contribution is -2.42. The van der Waals surface area contributed by atoms with Crippen LogP contribution in [0, 0.1) is 5.92 Å². The van der Waals surface area contributed by atoms with Gasteiger partial charge in [-0.3, -0.25) is 4.79 Å². The Kier molecular flexibility index (Phi) is 4.33. The van der Waals surface area contributed by atoms with Gasteiger partial charge in [0.25, 0.3) is 0 Å². The number of carbonyl (C=O) groups excluding carboxylic acids is 1. The summed E-state index contributed by atoms with van der Waals surface area (Å²) in [6, 6.07) is 0.0840. The highest BCUT2D eigenvalue weighted by molar-refractivity contribution is 5.79. The molecule has 100 valence electrons. The fraction of sp³-hybridized carbons (Fsp3) is 0.667. The van der Waals surface area contributed by atoms with Crippen LogP contribution in [0.1, 0.15) is 18.6 Å². The van der Waals surface area contributed by atoms with E-state index in [9.17, 15) is 4.79 Å². The Morgan fingerprint density at radius 3 is 3.06 bits per heavy atom. The van der Waals surface area contributed by atoms with Crippen LogP contribution in [0.25, 0.3) is 0 Å². The minimum atomic E-state index is -0.143. The first-order valence-electron chi connectivity index (χ1n) is 6.21. The molecule has 2 atom stereocenters. The molecule has 1 aliphatic heterocycles. The van der Waals surface area contributed by atoms with E-state index in [2.05, 4.69) is 15.6 Å². The minimum absolute atomic E-state index is 0.0249. The molecule has 2 unspecified atom stereocenters. The molecule has 1 amide bonds. The Labute approximate surface area is 106 Å². The largest absolute Gasteiger partial charge is 0.444 e. The number of nitrogens with one attached hydrogen (secondary N) is 2. The zero-order chi connectivity index (χ0) is 13.0. The smallest absolute Gasteiger partial charge is 0.227 e. The highest BCUT2D eigenvalue weighted by Crippen LogP contribution is 2.13. The van der Waals surface area contributed by atoms with Gasteiger partial charge in [-0.1, -0.05) is 6.92 Å². The van der Waals surface area contributed by atoms with Crippen LogP contribution in [0.3, 0.4) is 0 Å². The molecule has 18 heavy (non-hydrogen) atoms. The summed E-state index contributed by atoms with van der Waals surface area (Å²) >= 11 is 0. The van der Waals surface area contributed by atoms with Gasteiger partial charge in [0.2, 0.25) is 11.8 Å². The SMILES string of the molecule is CCc1cnc(CNC(=O)C2COCC2NC)o1. The van der Waals surface area contributed by atoms with Crippen molar-refractivity contribution in [2.24, 2.45) is 5.92 Å². The van der Waals surface area contributed by atoms with Crippen molar-refractivity contribution in [2.75, 3.05) is 20.3 Å². The topological polar surface area (TPSA) is 76.4 Å². The molecule has 2 heterocycles. The summed E-state index contributed by atoms with van der Waals surface area (Å²) in [4.78, 5) is 16.1. The van der Waals surface area contributed by atoms with Crippen molar-refractivity contribution in [3.05, 3.63) is 17.8 Å². The second-order valence-corrected chi connectivity index (χ2v) is 4.33. The number of carbonyl (C=O) groups is 1. The summed E-state index contributed by atoms with van der Waals surface area (Å²) in [6.45, 7) is 3.36. The van der Waals surface area contributed by atoms with Gasteiger partial charge in [-0.15, -0.1) is 0 Å². The van der Waals surface area contributed by atoms with Crippen molar-refractivity contribution >= 4 is 5.91 Å². The number of nitrogens with zero attached hydrogens (tertiary/aromatic N) is 1. The Morgan fingerprint density at radius 2 is 2.39 bits per heavy atom. The van der Waals surface area contributed by atoms with Crippen LogP contribution in [-0.4, -0.2) is 37.2 Å². The first kappa shape index (κ1) is 13.0. The molecule has 2 N–H and O–H groups in total. The van der Waals surface area contributed by atoms with E-state index in [1.54, 1.807) is 6.20 Å². The monoisotopic (exact) mass is 253 g/mol. The second kappa shape index (κ2) is 5.97. The van der Waals surface area contributed by atoms with Gasteiger partial charge in [0, 0.05) is 12.5 Å². The molecule has 0 aromatic carbocycles. The van der Waals surface area contributed by atoms with Gasteiger partial charge in [-0.2, -0.15) is 0 Å². The lowest BCUT2D eigenvalue weighted by Gasteiger charge is -2.15. The van der Waals surface area contributed by atoms with Crippen molar-refractivity contribution in [2.45, 2.75) is 25.9 Å². The molecule has 6 heteroatoms. The Morgan fingerprint density at radius 1 is 1.56 bits per heavy atom. The minimum Gasteiger partial charge on any atom is -0.444 e. The molecule has 0 radical (unpaired) electrons. The number of oxazole rings is 1. The first-order valence-corrected chi connectivity index (χ1v) is 6.21. The van der Waals surface area contributed by atoms with Crippen molar-refractivity contribution < 1.29 is 13.9 Å². The Bertz CT molecular complexity index is 405. The Hall–Kier alpha value is -1.40. The van der Waals surface area contributed by atoms with Gasteiger partial charge < -0.3 is 19.8 Å². The molecule has 1 fully saturated rings. The zero-order valence-corrected chi connectivity index (χ0v) is 10.7. The van der Waals surface area contributed by atoms with E-state index in [1.165, 1.54) is 0 Å². The van der Waals surface area contributed by atoms with Crippen molar-refractivity contribution in [3.8, 4) is 0 Å². The number of hydrogen-bond acceptors (Lipinski definition) is 5. The fourth-order valence-corrected chi connectivity index (χ4v) is 1.98. The van der Waals surface area contributed by atoms with Crippen LogP contribution < -0.4 is 10.6 Å². The van der Waals surface area contributed by atoms with Crippen LogP contribution in [0.4, 0.5) is 0 Å². The van der Waals surface area contributed by atoms with E-state index in [4.69, 9.17) is 9.15 Å². The number of rotatable bonds is 5. The third-order valence-corrected chi connectivity index (χ3v) is 3.15. The number of hydrogen-bond donors (Lipinski definition) is 2.